The second kappa shape index (κ2) is 5.46. The molecule has 2 heterocycles. The Bertz CT molecular complexity index is 633. The summed E-state index contributed by atoms with van der Waals surface area (Å²) in [7, 11) is 0. The summed E-state index contributed by atoms with van der Waals surface area (Å²) >= 11 is 0. The predicted octanol–water partition coefficient (Wildman–Crippen LogP) is 1.80. The number of benzene rings is 1. The van der Waals surface area contributed by atoms with Crippen LogP contribution in [0.5, 0.6) is 0 Å². The Morgan fingerprint density at radius 3 is 3.15 bits per heavy atom. The quantitative estimate of drug-likeness (QED) is 0.894. The van der Waals surface area contributed by atoms with Gasteiger partial charge in [-0.15, -0.1) is 0 Å². The maximum atomic E-state index is 12.2. The van der Waals surface area contributed by atoms with Crippen molar-refractivity contribution in [3.05, 3.63) is 47.3 Å². The van der Waals surface area contributed by atoms with Gasteiger partial charge in [-0.05, 0) is 43.1 Å². The van der Waals surface area contributed by atoms with Crippen LogP contribution in [0.2, 0.25) is 0 Å². The monoisotopic (exact) mass is 270 g/mol. The number of anilines is 1. The summed E-state index contributed by atoms with van der Waals surface area (Å²) in [4.78, 5) is 12.2. The molecule has 0 spiro atoms. The highest BCUT2D eigenvalue weighted by Gasteiger charge is 2.13. The molecule has 0 aliphatic carbocycles. The third-order valence-electron chi connectivity index (χ3n) is 3.57. The van der Waals surface area contributed by atoms with Crippen LogP contribution in [0, 0.1) is 0 Å². The first-order valence-electron chi connectivity index (χ1n) is 6.92. The van der Waals surface area contributed by atoms with E-state index in [1.54, 1.807) is 10.9 Å². The summed E-state index contributed by atoms with van der Waals surface area (Å²) in [6.07, 6.45) is 4.53. The number of hydrogen-bond acceptors (Lipinski definition) is 3. The summed E-state index contributed by atoms with van der Waals surface area (Å²) in [5.41, 5.74) is 3.97. The Kier molecular flexibility index (Phi) is 3.52. The van der Waals surface area contributed by atoms with Crippen molar-refractivity contribution >= 4 is 11.6 Å². The van der Waals surface area contributed by atoms with E-state index in [0.29, 0.717) is 5.56 Å². The Morgan fingerprint density at radius 2 is 2.35 bits per heavy atom. The van der Waals surface area contributed by atoms with Gasteiger partial charge in [0, 0.05) is 24.8 Å². The lowest BCUT2D eigenvalue weighted by Crippen LogP contribution is -2.24. The maximum absolute atomic E-state index is 12.2. The van der Waals surface area contributed by atoms with Crippen molar-refractivity contribution < 1.29 is 4.79 Å². The standard InChI is InChI=1S/C15H18N4O/c1-2-19-10-14(9-17-19)18-15(20)12-4-3-11-5-6-16-8-13(11)7-12/h3-4,7,9-10,16H,2,5-6,8H2,1H3,(H,18,20). The minimum absolute atomic E-state index is 0.0889. The van der Waals surface area contributed by atoms with E-state index in [2.05, 4.69) is 21.8 Å². The average Bonchev–Trinajstić information content (AvgIpc) is 2.94. The molecule has 0 atom stereocenters. The van der Waals surface area contributed by atoms with Crippen molar-refractivity contribution in [1.82, 2.24) is 15.1 Å². The van der Waals surface area contributed by atoms with Gasteiger partial charge in [0.05, 0.1) is 11.9 Å². The van der Waals surface area contributed by atoms with Crippen LogP contribution in [0.1, 0.15) is 28.4 Å². The number of aryl methyl sites for hydroxylation is 1. The number of hydrogen-bond donors (Lipinski definition) is 2. The minimum Gasteiger partial charge on any atom is -0.319 e. The third kappa shape index (κ3) is 2.58. The zero-order valence-electron chi connectivity index (χ0n) is 11.5. The molecule has 104 valence electrons. The van der Waals surface area contributed by atoms with Crippen LogP contribution in [-0.4, -0.2) is 22.2 Å². The Labute approximate surface area is 118 Å². The van der Waals surface area contributed by atoms with Crippen LogP contribution < -0.4 is 10.6 Å². The number of rotatable bonds is 3. The van der Waals surface area contributed by atoms with Gasteiger partial charge in [-0.3, -0.25) is 9.48 Å². The lowest BCUT2D eigenvalue weighted by molar-refractivity contribution is 0.102. The molecule has 1 amide bonds. The van der Waals surface area contributed by atoms with E-state index in [-0.39, 0.29) is 5.91 Å². The number of nitrogens with zero attached hydrogens (tertiary/aromatic N) is 2. The molecular formula is C15H18N4O. The van der Waals surface area contributed by atoms with Crippen molar-refractivity contribution in [2.75, 3.05) is 11.9 Å². The van der Waals surface area contributed by atoms with Gasteiger partial charge in [-0.2, -0.15) is 5.10 Å². The molecule has 0 radical (unpaired) electrons. The molecule has 1 aliphatic rings. The molecule has 2 N–H and O–H groups in total. The topological polar surface area (TPSA) is 59.0 Å². The van der Waals surface area contributed by atoms with Gasteiger partial charge in [0.2, 0.25) is 0 Å². The van der Waals surface area contributed by atoms with Gasteiger partial charge in [0.1, 0.15) is 0 Å². The van der Waals surface area contributed by atoms with Crippen LogP contribution in [0.4, 0.5) is 5.69 Å². The molecule has 3 rings (SSSR count). The average molecular weight is 270 g/mol. The first-order valence-corrected chi connectivity index (χ1v) is 6.92. The number of fused-ring (bicyclic) bond motifs is 1. The van der Waals surface area contributed by atoms with E-state index in [1.165, 1.54) is 11.1 Å². The van der Waals surface area contributed by atoms with E-state index in [1.807, 2.05) is 25.3 Å². The van der Waals surface area contributed by atoms with Gasteiger partial charge in [-0.1, -0.05) is 6.07 Å². The van der Waals surface area contributed by atoms with Crippen molar-refractivity contribution in [3.8, 4) is 0 Å². The van der Waals surface area contributed by atoms with Crippen molar-refractivity contribution in [2.45, 2.75) is 26.4 Å². The predicted molar refractivity (Wildman–Crippen MR) is 77.7 cm³/mol. The highest BCUT2D eigenvalue weighted by Crippen LogP contribution is 2.17. The molecule has 5 nitrogen and oxygen atoms in total. The zero-order valence-corrected chi connectivity index (χ0v) is 11.5. The summed E-state index contributed by atoms with van der Waals surface area (Å²) in [6, 6.07) is 5.92. The van der Waals surface area contributed by atoms with E-state index in [0.717, 1.165) is 31.7 Å². The second-order valence-corrected chi connectivity index (χ2v) is 4.95. The third-order valence-corrected chi connectivity index (χ3v) is 3.57. The van der Waals surface area contributed by atoms with Crippen molar-refractivity contribution in [2.24, 2.45) is 0 Å². The normalized spacial score (nSPS) is 13.8. The fourth-order valence-electron chi connectivity index (χ4n) is 2.43. The summed E-state index contributed by atoms with van der Waals surface area (Å²) in [5, 5.41) is 10.3. The first kappa shape index (κ1) is 12.9. The fraction of sp³-hybridized carbons (Fsp3) is 0.333. The van der Waals surface area contributed by atoms with Crippen molar-refractivity contribution in [3.63, 3.8) is 0 Å². The Hall–Kier alpha value is -2.14. The van der Waals surface area contributed by atoms with E-state index in [9.17, 15) is 4.79 Å². The number of amides is 1. The van der Waals surface area contributed by atoms with Crippen LogP contribution in [0.15, 0.2) is 30.6 Å². The molecule has 2 aromatic rings. The van der Waals surface area contributed by atoms with Crippen LogP contribution in [0.3, 0.4) is 0 Å². The fourth-order valence-corrected chi connectivity index (χ4v) is 2.43. The van der Waals surface area contributed by atoms with Gasteiger partial charge >= 0.3 is 0 Å². The Balaban J connectivity index is 1.76. The lowest BCUT2D eigenvalue weighted by Gasteiger charge is -2.17. The highest BCUT2D eigenvalue weighted by atomic mass is 16.1. The molecule has 1 aromatic carbocycles. The number of aromatic nitrogens is 2. The molecule has 0 fully saturated rings. The molecule has 1 aromatic heterocycles. The lowest BCUT2D eigenvalue weighted by atomic mass is 9.98. The summed E-state index contributed by atoms with van der Waals surface area (Å²) < 4.78 is 1.78. The molecule has 20 heavy (non-hydrogen) atoms. The number of carbonyl (C=O) groups excluding carboxylic acids is 1. The van der Waals surface area contributed by atoms with Gasteiger partial charge in [0.25, 0.3) is 5.91 Å². The van der Waals surface area contributed by atoms with Gasteiger partial charge in [-0.25, -0.2) is 0 Å². The minimum atomic E-state index is -0.0889. The van der Waals surface area contributed by atoms with E-state index < -0.39 is 0 Å². The van der Waals surface area contributed by atoms with Crippen molar-refractivity contribution in [1.29, 1.82) is 0 Å². The zero-order chi connectivity index (χ0) is 13.9. The van der Waals surface area contributed by atoms with Crippen LogP contribution in [-0.2, 0) is 19.5 Å². The molecule has 0 bridgehead atoms. The Morgan fingerprint density at radius 1 is 1.45 bits per heavy atom. The number of nitrogens with one attached hydrogen (secondary N) is 2. The molecule has 1 aliphatic heterocycles. The van der Waals surface area contributed by atoms with Crippen LogP contribution in [0.25, 0.3) is 0 Å². The van der Waals surface area contributed by atoms with Gasteiger partial charge in [0.15, 0.2) is 0 Å². The summed E-state index contributed by atoms with van der Waals surface area (Å²) in [5.74, 6) is -0.0889. The molecule has 0 saturated carbocycles. The SMILES string of the molecule is CCn1cc(NC(=O)c2ccc3c(c2)CNCC3)cn1. The smallest absolute Gasteiger partial charge is 0.255 e. The highest BCUT2D eigenvalue weighted by molar-refractivity contribution is 6.04. The molecule has 5 heteroatoms. The first-order chi connectivity index (χ1) is 9.76. The molecular weight excluding hydrogens is 252 g/mol. The molecule has 0 saturated heterocycles. The van der Waals surface area contributed by atoms with Crippen LogP contribution >= 0.6 is 0 Å². The number of carbonyl (C=O) groups is 1. The van der Waals surface area contributed by atoms with Gasteiger partial charge < -0.3 is 10.6 Å². The second-order valence-electron chi connectivity index (χ2n) is 4.95. The van der Waals surface area contributed by atoms with E-state index >= 15 is 0 Å². The largest absolute Gasteiger partial charge is 0.319 e. The maximum Gasteiger partial charge on any atom is 0.255 e. The molecule has 0 unspecified atom stereocenters. The summed E-state index contributed by atoms with van der Waals surface area (Å²) in [6.45, 7) is 4.65. The van der Waals surface area contributed by atoms with E-state index in [4.69, 9.17) is 0 Å².